The topological polar surface area (TPSA) is 98.5 Å². The van der Waals surface area contributed by atoms with Crippen LogP contribution in [0.2, 0.25) is 0 Å². The van der Waals surface area contributed by atoms with Gasteiger partial charge in [-0.3, -0.25) is 14.4 Å². The zero-order valence-electron chi connectivity index (χ0n) is 22.6. The summed E-state index contributed by atoms with van der Waals surface area (Å²) in [6, 6.07) is 0. The van der Waals surface area contributed by atoms with E-state index in [2.05, 4.69) is 44.9 Å². The van der Waals surface area contributed by atoms with E-state index in [1.54, 1.807) is 20.8 Å². The Morgan fingerprint density at radius 2 is 1.47 bits per heavy atom. The maximum atomic E-state index is 11.7. The molecule has 0 saturated carbocycles. The molecule has 0 fully saturated rings. The molecule has 0 heterocycles. The molecule has 0 atom stereocenters. The minimum atomic E-state index is -0.625. The first-order chi connectivity index (χ1) is 14.6. The molecule has 0 unspecified atom stereocenters. The van der Waals surface area contributed by atoms with Gasteiger partial charge in [0.2, 0.25) is 17.6 Å². The van der Waals surface area contributed by atoms with Crippen molar-refractivity contribution in [1.29, 1.82) is 0 Å². The van der Waals surface area contributed by atoms with Crippen LogP contribution < -0.4 is 11.1 Å². The van der Waals surface area contributed by atoms with E-state index in [4.69, 9.17) is 10.5 Å². The summed E-state index contributed by atoms with van der Waals surface area (Å²) in [4.78, 5) is 34.2. The van der Waals surface area contributed by atoms with Crippen LogP contribution in [0.3, 0.4) is 0 Å². The molecule has 188 valence electrons. The van der Waals surface area contributed by atoms with Gasteiger partial charge in [-0.1, -0.05) is 61.3 Å². The fourth-order valence-corrected chi connectivity index (χ4v) is 2.53. The summed E-state index contributed by atoms with van der Waals surface area (Å²) in [6.45, 7) is 22.5. The minimum absolute atomic E-state index is 0.109. The van der Waals surface area contributed by atoms with Crippen molar-refractivity contribution in [3.05, 3.63) is 0 Å². The summed E-state index contributed by atoms with van der Waals surface area (Å²) in [5.41, 5.74) is 4.11. The second kappa shape index (κ2) is 18.7. The van der Waals surface area contributed by atoms with Gasteiger partial charge in [0.1, 0.15) is 0 Å². The number of nitrogens with one attached hydrogen (secondary N) is 1. The zero-order valence-corrected chi connectivity index (χ0v) is 22.6. The van der Waals surface area contributed by atoms with Gasteiger partial charge in [0.25, 0.3) is 0 Å². The van der Waals surface area contributed by atoms with Crippen LogP contribution in [0, 0.1) is 29.1 Å². The van der Waals surface area contributed by atoms with Gasteiger partial charge >= 0.3 is 0 Å². The molecular formula is C26H50N2O4. The summed E-state index contributed by atoms with van der Waals surface area (Å²) >= 11 is 0. The van der Waals surface area contributed by atoms with Crippen LogP contribution in [-0.2, 0) is 19.1 Å². The molecule has 0 aromatic carbocycles. The molecule has 0 bridgehead atoms. The monoisotopic (exact) mass is 454 g/mol. The largest absolute Gasteiger partial charge is 0.374 e. The molecule has 0 spiro atoms. The SMILES string of the molecule is CC.CC#CC(=O)CCC(=O)NCC(C)(C)OCCC(C)(C)C(N)=O.CC(C)CC(C)C. The number of ketones is 1. The minimum Gasteiger partial charge on any atom is -0.374 e. The molecule has 0 aliphatic rings. The first-order valence-corrected chi connectivity index (χ1v) is 11.8. The van der Waals surface area contributed by atoms with Crippen LogP contribution in [0.25, 0.3) is 0 Å². The highest BCUT2D eigenvalue weighted by Gasteiger charge is 2.26. The van der Waals surface area contributed by atoms with Crippen molar-refractivity contribution in [3.8, 4) is 11.8 Å². The van der Waals surface area contributed by atoms with E-state index in [1.807, 2.05) is 27.7 Å². The van der Waals surface area contributed by atoms with Crippen molar-refractivity contribution >= 4 is 17.6 Å². The lowest BCUT2D eigenvalue weighted by Crippen LogP contribution is -2.41. The van der Waals surface area contributed by atoms with Crippen molar-refractivity contribution < 1.29 is 19.1 Å². The van der Waals surface area contributed by atoms with Gasteiger partial charge in [-0.2, -0.15) is 0 Å². The van der Waals surface area contributed by atoms with Gasteiger partial charge in [0.15, 0.2) is 0 Å². The Bertz CT molecular complexity index is 591. The van der Waals surface area contributed by atoms with Gasteiger partial charge in [-0.15, -0.1) is 0 Å². The predicted octanol–water partition coefficient (Wildman–Crippen LogP) is 4.89. The van der Waals surface area contributed by atoms with Crippen LogP contribution in [0.4, 0.5) is 0 Å². The average Bonchev–Trinajstić information content (AvgIpc) is 2.65. The maximum absolute atomic E-state index is 11.7. The van der Waals surface area contributed by atoms with E-state index in [-0.39, 0.29) is 30.4 Å². The number of amides is 2. The lowest BCUT2D eigenvalue weighted by molar-refractivity contribution is -0.128. The van der Waals surface area contributed by atoms with Crippen LogP contribution in [0.15, 0.2) is 0 Å². The molecule has 2 amide bonds. The predicted molar refractivity (Wildman–Crippen MR) is 134 cm³/mol. The van der Waals surface area contributed by atoms with Crippen LogP contribution >= 0.6 is 0 Å². The molecule has 0 saturated heterocycles. The Kier molecular flexibility index (Phi) is 20.3. The number of nitrogens with two attached hydrogens (primary N) is 1. The van der Waals surface area contributed by atoms with Crippen molar-refractivity contribution in [2.75, 3.05) is 13.2 Å². The highest BCUT2D eigenvalue weighted by atomic mass is 16.5. The van der Waals surface area contributed by atoms with Gasteiger partial charge < -0.3 is 15.8 Å². The molecular weight excluding hydrogens is 404 g/mol. The number of ether oxygens (including phenoxy) is 1. The molecule has 0 aromatic rings. The Balaban J connectivity index is -0.000000788. The first-order valence-electron chi connectivity index (χ1n) is 11.8. The summed E-state index contributed by atoms with van der Waals surface area (Å²) < 4.78 is 5.72. The fraction of sp³-hybridized carbons (Fsp3) is 0.808. The molecule has 6 heteroatoms. The highest BCUT2D eigenvalue weighted by molar-refractivity contribution is 5.97. The number of carbonyl (C=O) groups excluding carboxylic acids is 3. The number of carbonyl (C=O) groups is 3. The third kappa shape index (κ3) is 22.8. The number of primary amides is 1. The zero-order chi connectivity index (χ0) is 26.0. The molecule has 6 nitrogen and oxygen atoms in total. The Hall–Kier alpha value is -1.87. The van der Waals surface area contributed by atoms with Gasteiger partial charge in [0.05, 0.1) is 5.60 Å². The molecule has 32 heavy (non-hydrogen) atoms. The van der Waals surface area contributed by atoms with E-state index in [9.17, 15) is 14.4 Å². The van der Waals surface area contributed by atoms with E-state index in [0.29, 0.717) is 19.6 Å². The smallest absolute Gasteiger partial charge is 0.223 e. The van der Waals surface area contributed by atoms with Crippen molar-refractivity contribution in [2.45, 2.75) is 107 Å². The number of hydrogen-bond acceptors (Lipinski definition) is 4. The van der Waals surface area contributed by atoms with Crippen molar-refractivity contribution in [1.82, 2.24) is 5.32 Å². The van der Waals surface area contributed by atoms with Crippen LogP contribution in [0.5, 0.6) is 0 Å². The second-order valence-electron chi connectivity index (χ2n) is 9.70. The van der Waals surface area contributed by atoms with E-state index < -0.39 is 11.0 Å². The summed E-state index contributed by atoms with van der Waals surface area (Å²) in [6.07, 6.45) is 2.09. The van der Waals surface area contributed by atoms with Gasteiger partial charge in [0, 0.05) is 31.4 Å². The third-order valence-electron chi connectivity index (χ3n) is 4.38. The van der Waals surface area contributed by atoms with Crippen LogP contribution in [-0.4, -0.2) is 36.4 Å². The molecule has 0 aliphatic heterocycles. The van der Waals surface area contributed by atoms with Gasteiger partial charge in [-0.05, 0) is 51.4 Å². The van der Waals surface area contributed by atoms with Gasteiger partial charge in [-0.25, -0.2) is 0 Å². The molecule has 0 aromatic heterocycles. The summed E-state index contributed by atoms with van der Waals surface area (Å²) in [5, 5.41) is 2.73. The van der Waals surface area contributed by atoms with E-state index in [1.165, 1.54) is 6.42 Å². The number of Topliss-reactive ketones (excluding diaryl/α,β-unsaturated/α-hetero) is 1. The summed E-state index contributed by atoms with van der Waals surface area (Å²) in [5.74, 6) is 5.82. The third-order valence-corrected chi connectivity index (χ3v) is 4.38. The number of hydrogen-bond donors (Lipinski definition) is 2. The summed E-state index contributed by atoms with van der Waals surface area (Å²) in [7, 11) is 0. The number of rotatable bonds is 12. The molecule has 0 aliphatic carbocycles. The second-order valence-corrected chi connectivity index (χ2v) is 9.70. The Morgan fingerprint density at radius 3 is 1.84 bits per heavy atom. The molecule has 0 rings (SSSR count). The standard InChI is InChI=1S/C17H28N2O4.C7H16.C2H6/c1-6-7-13(20)8-9-14(21)19-12-17(4,5)23-11-10-16(2,3)15(18)22;1-6(2)5-7(3)4;1-2/h8-12H2,1-5H3,(H2,18,22)(H,19,21);6-7H,5H2,1-4H3;1-2H3. The fourth-order valence-electron chi connectivity index (χ4n) is 2.53. The quantitative estimate of drug-likeness (QED) is 0.324. The lowest BCUT2D eigenvalue weighted by atomic mass is 9.89. The highest BCUT2D eigenvalue weighted by Crippen LogP contribution is 2.21. The normalized spacial score (nSPS) is 10.8. The maximum Gasteiger partial charge on any atom is 0.223 e. The molecule has 0 radical (unpaired) electrons. The first kappa shape index (κ1) is 34.7. The van der Waals surface area contributed by atoms with Crippen molar-refractivity contribution in [2.24, 2.45) is 23.0 Å². The lowest BCUT2D eigenvalue weighted by Gasteiger charge is -2.28. The van der Waals surface area contributed by atoms with Crippen LogP contribution in [0.1, 0.15) is 102 Å². The van der Waals surface area contributed by atoms with E-state index in [0.717, 1.165) is 11.8 Å². The van der Waals surface area contributed by atoms with E-state index >= 15 is 0 Å². The molecule has 3 N–H and O–H groups in total. The Morgan fingerprint density at radius 1 is 0.969 bits per heavy atom. The average molecular weight is 455 g/mol. The Labute approximate surface area is 197 Å². The van der Waals surface area contributed by atoms with Crippen molar-refractivity contribution in [3.63, 3.8) is 0 Å².